The Kier molecular flexibility index (Phi) is 4.89. The van der Waals surface area contributed by atoms with Crippen LogP contribution in [-0.4, -0.2) is 14.0 Å². The molecule has 1 rings (SSSR count). The fourth-order valence-electron chi connectivity index (χ4n) is 1.86. The van der Waals surface area contributed by atoms with E-state index < -0.39 is 0 Å². The maximum atomic E-state index is 5.69. The van der Waals surface area contributed by atoms with Crippen LogP contribution in [0.4, 0.5) is 0 Å². The first-order chi connectivity index (χ1) is 5.29. The second kappa shape index (κ2) is 5.44. The zero-order valence-electron chi connectivity index (χ0n) is 6.86. The van der Waals surface area contributed by atoms with Crippen LogP contribution in [0.15, 0.2) is 0 Å². The summed E-state index contributed by atoms with van der Waals surface area (Å²) in [5, 5.41) is 0. The third-order valence-corrected chi connectivity index (χ3v) is 5.07. The second-order valence-corrected chi connectivity index (χ2v) is 7.89. The summed E-state index contributed by atoms with van der Waals surface area (Å²) in [6.07, 6.45) is 7.24. The van der Waals surface area contributed by atoms with Crippen molar-refractivity contribution in [2.75, 3.05) is 0 Å². The minimum atomic E-state index is -0.157. The maximum Gasteiger partial charge on any atom is 0.0908 e. The minimum absolute atomic E-state index is 0.00333. The second-order valence-electron chi connectivity index (χ2n) is 3.47. The van der Waals surface area contributed by atoms with Crippen LogP contribution in [0.3, 0.4) is 0 Å². The molecule has 0 amide bonds. The van der Waals surface area contributed by atoms with Crippen LogP contribution >= 0.6 is 23.2 Å². The van der Waals surface area contributed by atoms with Gasteiger partial charge < -0.3 is 0 Å². The van der Waals surface area contributed by atoms with Gasteiger partial charge in [0, 0.05) is 0 Å². The molecular weight excluding hydrogens is 195 g/mol. The van der Waals surface area contributed by atoms with Gasteiger partial charge in [-0.15, -0.1) is 23.2 Å². The normalized spacial score (nSPS) is 21.0. The average Bonchev–Trinajstić information content (AvgIpc) is 2.39. The molecule has 0 aromatic heterocycles. The summed E-state index contributed by atoms with van der Waals surface area (Å²) in [6.45, 7) is 0. The molecule has 0 aromatic rings. The van der Waals surface area contributed by atoms with Crippen LogP contribution in [0.5, 0.6) is 0 Å². The Morgan fingerprint density at radius 1 is 1.27 bits per heavy atom. The van der Waals surface area contributed by atoms with Gasteiger partial charge in [0.05, 0.1) is 14.0 Å². The van der Waals surface area contributed by atoms with Crippen LogP contribution in [-0.2, 0) is 0 Å². The van der Waals surface area contributed by atoms with E-state index >= 15 is 0 Å². The van der Waals surface area contributed by atoms with Crippen LogP contribution < -0.4 is 0 Å². The van der Waals surface area contributed by atoms with Crippen LogP contribution in [0.2, 0.25) is 6.04 Å². The lowest BCUT2D eigenvalue weighted by Crippen LogP contribution is -2.03. The number of hydrogen-bond acceptors (Lipinski definition) is 0. The van der Waals surface area contributed by atoms with Gasteiger partial charge in [-0.1, -0.05) is 38.1 Å². The molecule has 0 aliphatic heterocycles. The van der Waals surface area contributed by atoms with Crippen LogP contribution in [0, 0.1) is 5.92 Å². The first-order valence-corrected chi connectivity index (χ1v) is 7.26. The van der Waals surface area contributed by atoms with Gasteiger partial charge in [0.2, 0.25) is 0 Å². The van der Waals surface area contributed by atoms with Gasteiger partial charge >= 0.3 is 0 Å². The van der Waals surface area contributed by atoms with Gasteiger partial charge in [0.25, 0.3) is 0 Å². The Morgan fingerprint density at radius 3 is 2.45 bits per heavy atom. The summed E-state index contributed by atoms with van der Waals surface area (Å²) in [5.41, 5.74) is 0. The Balaban J connectivity index is 1.94. The Bertz CT molecular complexity index is 100. The van der Waals surface area contributed by atoms with Gasteiger partial charge in [-0.2, -0.15) is 0 Å². The number of rotatable bonds is 4. The fourth-order valence-corrected chi connectivity index (χ4v) is 3.91. The zero-order chi connectivity index (χ0) is 8.10. The van der Waals surface area contributed by atoms with Crippen molar-refractivity contribution in [3.8, 4) is 0 Å². The summed E-state index contributed by atoms with van der Waals surface area (Å²) < 4.78 is -0.00333. The number of hydrogen-bond donors (Lipinski definition) is 0. The van der Waals surface area contributed by atoms with Crippen LogP contribution in [0.1, 0.15) is 32.1 Å². The topological polar surface area (TPSA) is 0 Å². The van der Waals surface area contributed by atoms with Gasteiger partial charge in [-0.05, 0) is 5.92 Å². The van der Waals surface area contributed by atoms with Gasteiger partial charge in [-0.25, -0.2) is 0 Å². The highest BCUT2D eigenvalue weighted by Crippen LogP contribution is 2.28. The lowest BCUT2D eigenvalue weighted by Gasteiger charge is -2.07. The number of halogens is 2. The molecule has 3 heteroatoms. The molecule has 11 heavy (non-hydrogen) atoms. The summed E-state index contributed by atoms with van der Waals surface area (Å²) in [4.78, 5) is 0. The summed E-state index contributed by atoms with van der Waals surface area (Å²) in [6, 6.07) is 1.35. The van der Waals surface area contributed by atoms with E-state index in [0.717, 1.165) is 5.92 Å². The predicted molar refractivity (Wildman–Crippen MR) is 55.4 cm³/mol. The largest absolute Gasteiger partial charge is 0.110 e. The molecule has 0 radical (unpaired) electrons. The third kappa shape index (κ3) is 4.39. The molecule has 66 valence electrons. The van der Waals surface area contributed by atoms with Gasteiger partial charge in [0.1, 0.15) is 0 Å². The van der Waals surface area contributed by atoms with E-state index in [0.29, 0.717) is 0 Å². The van der Waals surface area contributed by atoms with Crippen molar-refractivity contribution >= 4 is 32.7 Å². The van der Waals surface area contributed by atoms with Crippen molar-refractivity contribution in [1.82, 2.24) is 0 Å². The van der Waals surface area contributed by atoms with Crippen molar-refractivity contribution in [3.05, 3.63) is 0 Å². The minimum Gasteiger partial charge on any atom is -0.110 e. The molecule has 0 N–H and O–H groups in total. The van der Waals surface area contributed by atoms with Gasteiger partial charge in [0.15, 0.2) is 0 Å². The molecule has 0 atom stereocenters. The average molecular weight is 211 g/mol. The Labute approximate surface area is 81.5 Å². The summed E-state index contributed by atoms with van der Waals surface area (Å²) >= 11 is 11.4. The molecular formula is C8H16Cl2Si. The highest BCUT2D eigenvalue weighted by atomic mass is 35.5. The standard InChI is InChI=1S/C8H16Cl2Si/c9-8(10)11-6-5-7-3-1-2-4-7/h7-8H,1-6,11H2. The molecule has 0 bridgehead atoms. The van der Waals surface area contributed by atoms with E-state index in [1.54, 1.807) is 0 Å². The molecule has 0 nitrogen and oxygen atoms in total. The first kappa shape index (κ1) is 9.88. The number of alkyl halides is 2. The van der Waals surface area contributed by atoms with Crippen molar-refractivity contribution in [3.63, 3.8) is 0 Å². The molecule has 1 saturated carbocycles. The van der Waals surface area contributed by atoms with Crippen molar-refractivity contribution in [1.29, 1.82) is 0 Å². The molecule has 0 unspecified atom stereocenters. The Hall–Kier alpha value is 0.797. The van der Waals surface area contributed by atoms with E-state index in [-0.39, 0.29) is 14.0 Å². The maximum absolute atomic E-state index is 5.69. The molecule has 0 aromatic carbocycles. The predicted octanol–water partition coefficient (Wildman–Crippen LogP) is 2.92. The molecule has 1 fully saturated rings. The smallest absolute Gasteiger partial charge is 0.0908 e. The quantitative estimate of drug-likeness (QED) is 0.495. The van der Waals surface area contributed by atoms with E-state index in [4.69, 9.17) is 23.2 Å². The van der Waals surface area contributed by atoms with E-state index in [1.807, 2.05) is 0 Å². The van der Waals surface area contributed by atoms with Crippen molar-refractivity contribution in [2.24, 2.45) is 5.92 Å². The van der Waals surface area contributed by atoms with Crippen LogP contribution in [0.25, 0.3) is 0 Å². The lowest BCUT2D eigenvalue weighted by molar-refractivity contribution is 0.529. The first-order valence-electron chi connectivity index (χ1n) is 4.57. The molecule has 0 heterocycles. The summed E-state index contributed by atoms with van der Waals surface area (Å²) in [5.74, 6) is 1.02. The highest BCUT2D eigenvalue weighted by molar-refractivity contribution is 6.68. The Morgan fingerprint density at radius 2 is 1.91 bits per heavy atom. The van der Waals surface area contributed by atoms with Crippen molar-refractivity contribution in [2.45, 2.75) is 42.6 Å². The molecule has 1 aliphatic rings. The fraction of sp³-hybridized carbons (Fsp3) is 1.00. The zero-order valence-corrected chi connectivity index (χ0v) is 9.79. The van der Waals surface area contributed by atoms with E-state index in [9.17, 15) is 0 Å². The SMILES string of the molecule is ClC(Cl)[SiH2]CCC1CCCC1. The van der Waals surface area contributed by atoms with Gasteiger partial charge in [-0.3, -0.25) is 0 Å². The van der Waals surface area contributed by atoms with Crippen molar-refractivity contribution < 1.29 is 0 Å². The van der Waals surface area contributed by atoms with E-state index in [2.05, 4.69) is 0 Å². The third-order valence-electron chi connectivity index (χ3n) is 2.51. The molecule has 0 saturated heterocycles. The lowest BCUT2D eigenvalue weighted by atomic mass is 10.1. The van der Waals surface area contributed by atoms with E-state index in [1.165, 1.54) is 38.1 Å². The monoisotopic (exact) mass is 210 g/mol. The molecule has 1 aliphatic carbocycles. The summed E-state index contributed by atoms with van der Waals surface area (Å²) in [7, 11) is -0.157. The highest BCUT2D eigenvalue weighted by Gasteiger charge is 2.14. The molecule has 0 spiro atoms.